The van der Waals surface area contributed by atoms with Gasteiger partial charge in [-0.15, -0.1) is 0 Å². The molecule has 2 fully saturated rings. The highest BCUT2D eigenvalue weighted by Crippen LogP contribution is 2.35. The number of carbonyl (C=O) groups excluding carboxylic acids is 1. The molecule has 33 heavy (non-hydrogen) atoms. The molecule has 1 unspecified atom stereocenters. The normalized spacial score (nSPS) is 19.4. The van der Waals surface area contributed by atoms with Gasteiger partial charge in [0.15, 0.2) is 0 Å². The first-order chi connectivity index (χ1) is 15.9. The van der Waals surface area contributed by atoms with E-state index in [1.807, 2.05) is 17.6 Å². The van der Waals surface area contributed by atoms with Gasteiger partial charge in [-0.2, -0.15) is 0 Å². The van der Waals surface area contributed by atoms with Gasteiger partial charge >= 0.3 is 0 Å². The zero-order valence-corrected chi connectivity index (χ0v) is 19.8. The first-order valence-corrected chi connectivity index (χ1v) is 11.9. The van der Waals surface area contributed by atoms with E-state index in [0.717, 1.165) is 17.5 Å². The second kappa shape index (κ2) is 9.12. The molecule has 0 aliphatic carbocycles. The summed E-state index contributed by atoms with van der Waals surface area (Å²) < 4.78 is 21.6. The van der Waals surface area contributed by atoms with Gasteiger partial charge in [0.25, 0.3) is 0 Å². The number of aryl methyl sites for hydroxylation is 1. The van der Waals surface area contributed by atoms with Crippen molar-refractivity contribution in [3.8, 4) is 5.69 Å². The number of carbonyl (C=O) groups is 1. The number of halogens is 3. The molecule has 1 atom stereocenters. The van der Waals surface area contributed by atoms with E-state index in [4.69, 9.17) is 32.9 Å². The molecule has 5 rings (SSSR count). The number of imidazole rings is 1. The third-order valence-corrected chi connectivity index (χ3v) is 7.11. The number of piperidine rings is 1. The van der Waals surface area contributed by atoms with E-state index in [2.05, 4.69) is 10.2 Å². The van der Waals surface area contributed by atoms with Crippen LogP contribution in [0.2, 0.25) is 10.0 Å². The molecule has 0 spiro atoms. The van der Waals surface area contributed by atoms with Crippen molar-refractivity contribution in [1.82, 2.24) is 14.9 Å². The van der Waals surface area contributed by atoms with Crippen LogP contribution in [0.1, 0.15) is 24.8 Å². The molecule has 2 aromatic carbocycles. The fraction of sp³-hybridized carbons (Fsp3) is 0.417. The number of hydrogen-bond acceptors (Lipinski definition) is 4. The van der Waals surface area contributed by atoms with Crippen LogP contribution in [0.3, 0.4) is 0 Å². The van der Waals surface area contributed by atoms with E-state index in [1.54, 1.807) is 12.1 Å². The minimum absolute atomic E-state index is 0.0417. The Morgan fingerprint density at radius 1 is 1.12 bits per heavy atom. The van der Waals surface area contributed by atoms with Crippen LogP contribution in [-0.4, -0.2) is 47.8 Å². The highest BCUT2D eigenvalue weighted by Gasteiger charge is 2.30. The smallest absolute Gasteiger partial charge is 0.223 e. The van der Waals surface area contributed by atoms with Crippen LogP contribution < -0.4 is 10.2 Å². The third-order valence-electron chi connectivity index (χ3n) is 6.39. The molecular weight excluding hydrogens is 466 g/mol. The number of aromatic nitrogens is 2. The molecule has 2 saturated heterocycles. The summed E-state index contributed by atoms with van der Waals surface area (Å²) in [6, 6.07) is 8.51. The largest absolute Gasteiger partial charge is 0.379 e. The fourth-order valence-corrected chi connectivity index (χ4v) is 5.00. The molecule has 6 nitrogen and oxygen atoms in total. The molecular formula is C24H25Cl2FN4O2. The lowest BCUT2D eigenvalue weighted by Crippen LogP contribution is -2.44. The van der Waals surface area contributed by atoms with Crippen LogP contribution in [0.5, 0.6) is 0 Å². The van der Waals surface area contributed by atoms with Crippen LogP contribution in [0.15, 0.2) is 30.3 Å². The van der Waals surface area contributed by atoms with Crippen molar-refractivity contribution in [2.75, 3.05) is 31.2 Å². The number of hydrogen-bond donors (Lipinski definition) is 1. The molecule has 0 bridgehead atoms. The maximum atomic E-state index is 14.3. The van der Waals surface area contributed by atoms with Gasteiger partial charge in [0.1, 0.15) is 5.82 Å². The second-order valence-corrected chi connectivity index (χ2v) is 9.63. The van der Waals surface area contributed by atoms with Crippen molar-refractivity contribution in [3.63, 3.8) is 0 Å². The van der Waals surface area contributed by atoms with Crippen molar-refractivity contribution in [1.29, 1.82) is 0 Å². The van der Waals surface area contributed by atoms with Gasteiger partial charge in [-0.05, 0) is 62.1 Å². The van der Waals surface area contributed by atoms with Crippen LogP contribution in [-0.2, 0) is 9.53 Å². The number of anilines is 1. The highest BCUT2D eigenvalue weighted by atomic mass is 35.5. The number of fused-ring (bicyclic) bond motifs is 1. The number of benzene rings is 2. The van der Waals surface area contributed by atoms with Gasteiger partial charge in [0, 0.05) is 25.6 Å². The standard InChI is InChI=1S/C24H25Cl2FN4O2/c1-14-8-16(27)10-18(9-14)31-22-12-20(26)19(25)11-21(22)29-24(31)30-5-2-15(3-6-30)23(32)28-17-4-7-33-13-17/h8-12,15,17H,2-7,13H2,1H3,(H,28,32). The summed E-state index contributed by atoms with van der Waals surface area (Å²) in [7, 11) is 0. The summed E-state index contributed by atoms with van der Waals surface area (Å²) in [4.78, 5) is 19.7. The lowest BCUT2D eigenvalue weighted by Gasteiger charge is -2.33. The Bertz CT molecular complexity index is 1180. The van der Waals surface area contributed by atoms with Gasteiger partial charge in [-0.25, -0.2) is 9.37 Å². The number of nitrogens with zero attached hydrogens (tertiary/aromatic N) is 3. The van der Waals surface area contributed by atoms with E-state index in [0.29, 0.717) is 66.3 Å². The predicted molar refractivity (Wildman–Crippen MR) is 128 cm³/mol. The summed E-state index contributed by atoms with van der Waals surface area (Å²) in [5.41, 5.74) is 2.92. The Hall–Kier alpha value is -2.35. The Balaban J connectivity index is 1.45. The molecule has 1 N–H and O–H groups in total. The Labute approximate surface area is 201 Å². The fourth-order valence-electron chi connectivity index (χ4n) is 4.68. The minimum Gasteiger partial charge on any atom is -0.379 e. The lowest BCUT2D eigenvalue weighted by molar-refractivity contribution is -0.126. The van der Waals surface area contributed by atoms with Gasteiger partial charge in [-0.3, -0.25) is 9.36 Å². The number of amides is 1. The van der Waals surface area contributed by atoms with Crippen LogP contribution in [0.4, 0.5) is 10.3 Å². The minimum atomic E-state index is -0.316. The number of nitrogens with one attached hydrogen (secondary N) is 1. The van der Waals surface area contributed by atoms with Crippen LogP contribution in [0.25, 0.3) is 16.7 Å². The third kappa shape index (κ3) is 4.54. The second-order valence-electron chi connectivity index (χ2n) is 8.82. The Morgan fingerprint density at radius 2 is 1.88 bits per heavy atom. The van der Waals surface area contributed by atoms with E-state index in [-0.39, 0.29) is 23.7 Å². The Kier molecular flexibility index (Phi) is 6.20. The molecule has 0 radical (unpaired) electrons. The van der Waals surface area contributed by atoms with Crippen molar-refractivity contribution in [2.45, 2.75) is 32.2 Å². The molecule has 1 amide bonds. The molecule has 3 heterocycles. The first-order valence-electron chi connectivity index (χ1n) is 11.2. The van der Waals surface area contributed by atoms with Crippen molar-refractivity contribution < 1.29 is 13.9 Å². The molecule has 3 aromatic rings. The van der Waals surface area contributed by atoms with Crippen LogP contribution >= 0.6 is 23.2 Å². The van der Waals surface area contributed by atoms with Crippen LogP contribution in [0, 0.1) is 18.7 Å². The summed E-state index contributed by atoms with van der Waals surface area (Å²) in [6.45, 7) is 4.48. The zero-order valence-electron chi connectivity index (χ0n) is 18.3. The monoisotopic (exact) mass is 490 g/mol. The quantitative estimate of drug-likeness (QED) is 0.564. The average molecular weight is 491 g/mol. The molecule has 174 valence electrons. The van der Waals surface area contributed by atoms with E-state index >= 15 is 0 Å². The molecule has 9 heteroatoms. The summed E-state index contributed by atoms with van der Waals surface area (Å²) >= 11 is 12.6. The predicted octanol–water partition coefficient (Wildman–Crippen LogP) is 4.90. The van der Waals surface area contributed by atoms with E-state index in [9.17, 15) is 9.18 Å². The average Bonchev–Trinajstić information content (AvgIpc) is 3.41. The summed E-state index contributed by atoms with van der Waals surface area (Å²) in [5.74, 6) is 0.429. The Morgan fingerprint density at radius 3 is 2.58 bits per heavy atom. The van der Waals surface area contributed by atoms with Crippen molar-refractivity contribution in [3.05, 3.63) is 51.8 Å². The highest BCUT2D eigenvalue weighted by molar-refractivity contribution is 6.42. The van der Waals surface area contributed by atoms with E-state index < -0.39 is 0 Å². The maximum Gasteiger partial charge on any atom is 0.223 e. The summed E-state index contributed by atoms with van der Waals surface area (Å²) in [5, 5.41) is 3.94. The van der Waals surface area contributed by atoms with Gasteiger partial charge in [-0.1, -0.05) is 23.2 Å². The lowest BCUT2D eigenvalue weighted by atomic mass is 9.95. The summed E-state index contributed by atoms with van der Waals surface area (Å²) in [6.07, 6.45) is 2.30. The molecule has 2 aliphatic heterocycles. The SMILES string of the molecule is Cc1cc(F)cc(-n2c(N3CCC(C(=O)NC4CCOC4)CC3)nc3cc(Cl)c(Cl)cc32)c1. The maximum absolute atomic E-state index is 14.3. The topological polar surface area (TPSA) is 59.4 Å². The molecule has 0 saturated carbocycles. The number of rotatable bonds is 4. The number of ether oxygens (including phenoxy) is 1. The van der Waals surface area contributed by atoms with Crippen molar-refractivity contribution >= 4 is 46.1 Å². The van der Waals surface area contributed by atoms with E-state index in [1.165, 1.54) is 12.1 Å². The molecule has 2 aliphatic rings. The van der Waals surface area contributed by atoms with Gasteiger partial charge in [0.05, 0.1) is 39.4 Å². The van der Waals surface area contributed by atoms with Gasteiger partial charge < -0.3 is 15.0 Å². The first kappa shape index (κ1) is 22.4. The van der Waals surface area contributed by atoms with Gasteiger partial charge in [0.2, 0.25) is 11.9 Å². The molecule has 1 aromatic heterocycles. The zero-order chi connectivity index (χ0) is 23.1. The van der Waals surface area contributed by atoms with Crippen molar-refractivity contribution in [2.24, 2.45) is 5.92 Å².